The molecule has 12 heavy (non-hydrogen) atoms. The molecule has 1 fully saturated rings. The maximum absolute atomic E-state index is 11.7. The van der Waals surface area contributed by atoms with Crippen molar-refractivity contribution in [2.75, 3.05) is 0 Å². The van der Waals surface area contributed by atoms with Crippen LogP contribution in [0.4, 0.5) is 0 Å². The van der Waals surface area contributed by atoms with Crippen LogP contribution in [0.5, 0.6) is 0 Å². The van der Waals surface area contributed by atoms with Crippen LogP contribution in [0.2, 0.25) is 0 Å². The van der Waals surface area contributed by atoms with E-state index in [1.165, 1.54) is 0 Å². The molecular formula is C11H18O. The molecular weight excluding hydrogens is 148 g/mol. The lowest BCUT2D eigenvalue weighted by atomic mass is 9.72. The summed E-state index contributed by atoms with van der Waals surface area (Å²) in [6.07, 6.45) is 5.68. The van der Waals surface area contributed by atoms with Crippen LogP contribution in [0.3, 0.4) is 0 Å². The summed E-state index contributed by atoms with van der Waals surface area (Å²) in [6.45, 7) is 8.02. The quantitative estimate of drug-likeness (QED) is 0.589. The van der Waals surface area contributed by atoms with E-state index >= 15 is 0 Å². The number of rotatable bonds is 3. The topological polar surface area (TPSA) is 17.1 Å². The second-order valence-corrected chi connectivity index (χ2v) is 4.08. The average Bonchev–Trinajstić information content (AvgIpc) is 2.34. The second-order valence-electron chi connectivity index (χ2n) is 4.08. The highest BCUT2D eigenvalue weighted by Crippen LogP contribution is 2.44. The molecule has 68 valence electrons. The van der Waals surface area contributed by atoms with Crippen LogP contribution in [-0.4, -0.2) is 5.78 Å². The SMILES string of the molecule is C=CCC1(C(C)C)CCCC1=O. The van der Waals surface area contributed by atoms with Gasteiger partial charge in [0.05, 0.1) is 0 Å². The summed E-state index contributed by atoms with van der Waals surface area (Å²) in [5.74, 6) is 0.919. The van der Waals surface area contributed by atoms with E-state index < -0.39 is 0 Å². The van der Waals surface area contributed by atoms with Gasteiger partial charge in [0.15, 0.2) is 0 Å². The predicted octanol–water partition coefficient (Wildman–Crippen LogP) is 2.96. The van der Waals surface area contributed by atoms with E-state index in [4.69, 9.17) is 0 Å². The Morgan fingerprint density at radius 2 is 2.33 bits per heavy atom. The van der Waals surface area contributed by atoms with E-state index in [9.17, 15) is 4.79 Å². The Labute approximate surface area is 74.9 Å². The molecule has 1 nitrogen and oxygen atoms in total. The van der Waals surface area contributed by atoms with Gasteiger partial charge < -0.3 is 0 Å². The number of carbonyl (C=O) groups is 1. The molecule has 0 amide bonds. The van der Waals surface area contributed by atoms with Crippen molar-refractivity contribution in [3.05, 3.63) is 12.7 Å². The van der Waals surface area contributed by atoms with E-state index in [-0.39, 0.29) is 5.41 Å². The van der Waals surface area contributed by atoms with Gasteiger partial charge in [0.25, 0.3) is 0 Å². The average molecular weight is 166 g/mol. The molecule has 1 rings (SSSR count). The van der Waals surface area contributed by atoms with Crippen LogP contribution in [0.25, 0.3) is 0 Å². The Hall–Kier alpha value is -0.590. The molecule has 1 heteroatoms. The lowest BCUT2D eigenvalue weighted by molar-refractivity contribution is -0.127. The Morgan fingerprint density at radius 1 is 1.67 bits per heavy atom. The number of Topliss-reactive ketones (excluding diaryl/α,β-unsaturated/α-hetero) is 1. The molecule has 1 unspecified atom stereocenters. The number of ketones is 1. The highest BCUT2D eigenvalue weighted by atomic mass is 16.1. The van der Waals surface area contributed by atoms with Crippen molar-refractivity contribution in [1.82, 2.24) is 0 Å². The molecule has 0 aromatic carbocycles. The van der Waals surface area contributed by atoms with Crippen LogP contribution in [0, 0.1) is 11.3 Å². The highest BCUT2D eigenvalue weighted by molar-refractivity contribution is 5.87. The molecule has 1 atom stereocenters. The minimum Gasteiger partial charge on any atom is -0.299 e. The molecule has 0 radical (unpaired) electrons. The molecule has 0 heterocycles. The fraction of sp³-hybridized carbons (Fsp3) is 0.727. The Balaban J connectivity index is 2.84. The van der Waals surface area contributed by atoms with Crippen molar-refractivity contribution in [1.29, 1.82) is 0 Å². The number of hydrogen-bond donors (Lipinski definition) is 0. The first-order valence-electron chi connectivity index (χ1n) is 4.77. The van der Waals surface area contributed by atoms with Gasteiger partial charge >= 0.3 is 0 Å². The van der Waals surface area contributed by atoms with Gasteiger partial charge in [-0.25, -0.2) is 0 Å². The zero-order valence-corrected chi connectivity index (χ0v) is 8.10. The van der Waals surface area contributed by atoms with Gasteiger partial charge in [0.2, 0.25) is 0 Å². The molecule has 0 saturated heterocycles. The Bertz CT molecular complexity index is 193. The lowest BCUT2D eigenvalue weighted by Crippen LogP contribution is -2.31. The summed E-state index contributed by atoms with van der Waals surface area (Å²) in [5.41, 5.74) is -0.0538. The van der Waals surface area contributed by atoms with Crippen LogP contribution in [0.1, 0.15) is 39.5 Å². The zero-order chi connectivity index (χ0) is 9.19. The first-order valence-corrected chi connectivity index (χ1v) is 4.77. The first-order chi connectivity index (χ1) is 5.63. The summed E-state index contributed by atoms with van der Waals surface area (Å²) >= 11 is 0. The summed E-state index contributed by atoms with van der Waals surface area (Å²) in [4.78, 5) is 11.7. The standard InChI is InChI=1S/C11H18O/c1-4-7-11(9(2)3)8-5-6-10(11)12/h4,9H,1,5-8H2,2-3H3. The normalized spacial score (nSPS) is 29.8. The molecule has 0 aliphatic heterocycles. The molecule has 1 aliphatic rings. The number of hydrogen-bond acceptors (Lipinski definition) is 1. The number of carbonyl (C=O) groups excluding carboxylic acids is 1. The fourth-order valence-electron chi connectivity index (χ4n) is 2.27. The minimum absolute atomic E-state index is 0.0538. The van der Waals surface area contributed by atoms with Crippen molar-refractivity contribution in [2.45, 2.75) is 39.5 Å². The Kier molecular flexibility index (Phi) is 2.71. The molecule has 1 aliphatic carbocycles. The molecule has 0 spiro atoms. The third-order valence-electron chi connectivity index (χ3n) is 3.20. The summed E-state index contributed by atoms with van der Waals surface area (Å²) < 4.78 is 0. The largest absolute Gasteiger partial charge is 0.299 e. The lowest BCUT2D eigenvalue weighted by Gasteiger charge is -2.30. The molecule has 1 saturated carbocycles. The van der Waals surface area contributed by atoms with Crippen LogP contribution < -0.4 is 0 Å². The molecule has 0 bridgehead atoms. The van der Waals surface area contributed by atoms with Gasteiger partial charge in [0.1, 0.15) is 5.78 Å². The van der Waals surface area contributed by atoms with Gasteiger partial charge in [-0.2, -0.15) is 0 Å². The number of allylic oxidation sites excluding steroid dienone is 1. The van der Waals surface area contributed by atoms with E-state index in [0.717, 1.165) is 25.7 Å². The third-order valence-corrected chi connectivity index (χ3v) is 3.20. The van der Waals surface area contributed by atoms with Gasteiger partial charge in [-0.1, -0.05) is 19.9 Å². The summed E-state index contributed by atoms with van der Waals surface area (Å²) in [6, 6.07) is 0. The maximum atomic E-state index is 11.7. The molecule has 0 N–H and O–H groups in total. The maximum Gasteiger partial charge on any atom is 0.139 e. The smallest absolute Gasteiger partial charge is 0.139 e. The summed E-state index contributed by atoms with van der Waals surface area (Å²) in [5, 5.41) is 0. The highest BCUT2D eigenvalue weighted by Gasteiger charge is 2.42. The van der Waals surface area contributed by atoms with Gasteiger partial charge in [-0.05, 0) is 25.2 Å². The monoisotopic (exact) mass is 166 g/mol. The van der Waals surface area contributed by atoms with Gasteiger partial charge in [-0.15, -0.1) is 6.58 Å². The van der Waals surface area contributed by atoms with E-state index in [1.807, 2.05) is 6.08 Å². The fourth-order valence-corrected chi connectivity index (χ4v) is 2.27. The van der Waals surface area contributed by atoms with Crippen molar-refractivity contribution in [2.24, 2.45) is 11.3 Å². The van der Waals surface area contributed by atoms with E-state index in [0.29, 0.717) is 11.7 Å². The summed E-state index contributed by atoms with van der Waals surface area (Å²) in [7, 11) is 0. The minimum atomic E-state index is -0.0538. The van der Waals surface area contributed by atoms with Crippen molar-refractivity contribution < 1.29 is 4.79 Å². The zero-order valence-electron chi connectivity index (χ0n) is 8.10. The van der Waals surface area contributed by atoms with E-state index in [2.05, 4.69) is 20.4 Å². The molecule has 0 aromatic heterocycles. The van der Waals surface area contributed by atoms with E-state index in [1.54, 1.807) is 0 Å². The van der Waals surface area contributed by atoms with Gasteiger partial charge in [0, 0.05) is 11.8 Å². The van der Waals surface area contributed by atoms with Crippen LogP contribution in [-0.2, 0) is 4.79 Å². The third kappa shape index (κ3) is 1.33. The van der Waals surface area contributed by atoms with Crippen LogP contribution in [0.15, 0.2) is 12.7 Å². The van der Waals surface area contributed by atoms with Crippen LogP contribution >= 0.6 is 0 Å². The Morgan fingerprint density at radius 3 is 2.67 bits per heavy atom. The molecule has 0 aromatic rings. The predicted molar refractivity (Wildman–Crippen MR) is 50.9 cm³/mol. The van der Waals surface area contributed by atoms with Gasteiger partial charge in [-0.3, -0.25) is 4.79 Å². The second kappa shape index (κ2) is 3.42. The van der Waals surface area contributed by atoms with Crippen molar-refractivity contribution >= 4 is 5.78 Å². The first kappa shape index (κ1) is 9.50. The van der Waals surface area contributed by atoms with Crippen molar-refractivity contribution in [3.8, 4) is 0 Å². The van der Waals surface area contributed by atoms with Crippen molar-refractivity contribution in [3.63, 3.8) is 0 Å².